The minimum Gasteiger partial charge on any atom is -0.491 e. The van der Waals surface area contributed by atoms with E-state index in [1.807, 2.05) is 30.3 Å². The second kappa shape index (κ2) is 9.27. The van der Waals surface area contributed by atoms with E-state index in [1.165, 1.54) is 18.2 Å². The number of hydrogen-bond donors (Lipinski definition) is 1. The van der Waals surface area contributed by atoms with Gasteiger partial charge in [-0.2, -0.15) is 13.2 Å². The highest BCUT2D eigenvalue weighted by Gasteiger charge is 2.34. The van der Waals surface area contributed by atoms with Crippen molar-refractivity contribution in [2.24, 2.45) is 0 Å². The van der Waals surface area contributed by atoms with Crippen molar-refractivity contribution in [2.45, 2.75) is 12.6 Å². The summed E-state index contributed by atoms with van der Waals surface area (Å²) in [4.78, 5) is 16.1. The van der Waals surface area contributed by atoms with Crippen molar-refractivity contribution in [3.05, 3.63) is 66.4 Å². The van der Waals surface area contributed by atoms with Crippen LogP contribution in [-0.4, -0.2) is 30.6 Å². The Labute approximate surface area is 165 Å². The summed E-state index contributed by atoms with van der Waals surface area (Å²) >= 11 is 0. The molecule has 1 amide bonds. The summed E-state index contributed by atoms with van der Waals surface area (Å²) in [5.41, 5.74) is -0.152. The van der Waals surface area contributed by atoms with Gasteiger partial charge in [0.25, 0.3) is 5.91 Å². The van der Waals surface area contributed by atoms with E-state index in [1.54, 1.807) is 6.20 Å². The number of hydrogen-bond acceptors (Lipinski definition) is 4. The number of ether oxygens (including phenoxy) is 2. The number of pyridine rings is 1. The molecular weight excluding hydrogens is 385 g/mol. The number of carbonyl (C=O) groups is 1. The zero-order valence-electron chi connectivity index (χ0n) is 15.4. The zero-order valence-corrected chi connectivity index (χ0v) is 15.4. The maximum Gasteiger partial charge on any atom is 0.419 e. The quantitative estimate of drug-likeness (QED) is 0.571. The molecule has 1 aromatic heterocycles. The summed E-state index contributed by atoms with van der Waals surface area (Å²) in [6.45, 7) is 0.163. The number of para-hydroxylation sites is 2. The molecule has 2 aromatic carbocycles. The third-order valence-corrected chi connectivity index (χ3v) is 4.05. The number of nitrogens with zero attached hydrogens (tertiary/aromatic N) is 1. The minimum atomic E-state index is -4.54. The number of fused-ring (bicyclic) bond motifs is 1. The predicted molar refractivity (Wildman–Crippen MR) is 102 cm³/mol. The average Bonchev–Trinajstić information content (AvgIpc) is 2.71. The maximum absolute atomic E-state index is 12.9. The Hall–Kier alpha value is -3.29. The first-order valence-corrected chi connectivity index (χ1v) is 8.97. The Morgan fingerprint density at radius 1 is 0.966 bits per heavy atom. The Morgan fingerprint density at radius 3 is 2.55 bits per heavy atom. The van der Waals surface area contributed by atoms with Crippen LogP contribution >= 0.6 is 0 Å². The Kier molecular flexibility index (Phi) is 6.54. The smallest absolute Gasteiger partial charge is 0.419 e. The van der Waals surface area contributed by atoms with Gasteiger partial charge in [0.1, 0.15) is 17.0 Å². The van der Waals surface area contributed by atoms with Crippen LogP contribution in [0.3, 0.4) is 0 Å². The number of rotatable bonds is 8. The van der Waals surface area contributed by atoms with Gasteiger partial charge in [-0.05, 0) is 30.7 Å². The molecule has 1 heterocycles. The molecule has 3 aromatic rings. The number of halogens is 3. The Morgan fingerprint density at radius 2 is 1.72 bits per heavy atom. The van der Waals surface area contributed by atoms with Crippen molar-refractivity contribution < 1.29 is 27.4 Å². The second-order valence-corrected chi connectivity index (χ2v) is 6.17. The fraction of sp³-hybridized carbons (Fsp3) is 0.238. The van der Waals surface area contributed by atoms with Crippen LogP contribution in [0.4, 0.5) is 13.2 Å². The molecule has 8 heteroatoms. The lowest BCUT2D eigenvalue weighted by Crippen LogP contribution is -2.30. The number of nitrogens with one attached hydrogen (secondary N) is 1. The third-order valence-electron chi connectivity index (χ3n) is 4.05. The van der Waals surface area contributed by atoms with Gasteiger partial charge in [0, 0.05) is 18.1 Å². The number of carbonyl (C=O) groups excluding carboxylic acids is 1. The highest BCUT2D eigenvalue weighted by atomic mass is 19.4. The summed E-state index contributed by atoms with van der Waals surface area (Å²) in [5, 5.41) is 3.56. The van der Waals surface area contributed by atoms with E-state index >= 15 is 0 Å². The summed E-state index contributed by atoms with van der Waals surface area (Å²) in [6.07, 6.45) is -2.33. The van der Waals surface area contributed by atoms with Crippen molar-refractivity contribution in [3.8, 4) is 11.5 Å². The lowest BCUT2D eigenvalue weighted by atomic mass is 10.2. The van der Waals surface area contributed by atoms with E-state index in [0.717, 1.165) is 17.0 Å². The first-order chi connectivity index (χ1) is 13.9. The molecule has 0 unspecified atom stereocenters. The molecule has 152 valence electrons. The topological polar surface area (TPSA) is 60.5 Å². The summed E-state index contributed by atoms with van der Waals surface area (Å²) in [6, 6.07) is 14.2. The molecule has 0 aliphatic rings. The molecule has 0 saturated carbocycles. The van der Waals surface area contributed by atoms with Gasteiger partial charge in [0.15, 0.2) is 6.61 Å². The molecule has 0 aliphatic heterocycles. The maximum atomic E-state index is 12.9. The van der Waals surface area contributed by atoms with E-state index in [4.69, 9.17) is 9.47 Å². The Bertz CT molecular complexity index is 971. The van der Waals surface area contributed by atoms with Gasteiger partial charge in [0.2, 0.25) is 0 Å². The van der Waals surface area contributed by atoms with Crippen molar-refractivity contribution in [1.82, 2.24) is 10.3 Å². The van der Waals surface area contributed by atoms with Crippen LogP contribution in [0, 0.1) is 0 Å². The SMILES string of the molecule is O=C(COc1ccccc1C(F)(F)F)NCCCOc1cccc2cccnc12. The second-order valence-electron chi connectivity index (χ2n) is 6.17. The molecule has 0 bridgehead atoms. The lowest BCUT2D eigenvalue weighted by molar-refractivity contribution is -0.139. The minimum absolute atomic E-state index is 0.307. The van der Waals surface area contributed by atoms with Gasteiger partial charge in [-0.25, -0.2) is 0 Å². The molecule has 0 spiro atoms. The van der Waals surface area contributed by atoms with Gasteiger partial charge in [-0.1, -0.05) is 30.3 Å². The van der Waals surface area contributed by atoms with Gasteiger partial charge >= 0.3 is 6.18 Å². The van der Waals surface area contributed by atoms with E-state index in [2.05, 4.69) is 10.3 Å². The van der Waals surface area contributed by atoms with Gasteiger partial charge in [-0.3, -0.25) is 9.78 Å². The first kappa shape index (κ1) is 20.4. The van der Waals surface area contributed by atoms with Gasteiger partial charge in [0.05, 0.1) is 12.2 Å². The average molecular weight is 404 g/mol. The summed E-state index contributed by atoms with van der Waals surface area (Å²) in [5.74, 6) is -0.225. The highest BCUT2D eigenvalue weighted by Crippen LogP contribution is 2.35. The molecule has 5 nitrogen and oxygen atoms in total. The van der Waals surface area contributed by atoms with Crippen LogP contribution in [0.1, 0.15) is 12.0 Å². The molecule has 0 atom stereocenters. The van der Waals surface area contributed by atoms with Crippen molar-refractivity contribution in [2.75, 3.05) is 19.8 Å². The van der Waals surface area contributed by atoms with Crippen molar-refractivity contribution in [1.29, 1.82) is 0 Å². The van der Waals surface area contributed by atoms with Crippen LogP contribution < -0.4 is 14.8 Å². The number of aromatic nitrogens is 1. The highest BCUT2D eigenvalue weighted by molar-refractivity contribution is 5.84. The van der Waals surface area contributed by atoms with E-state index in [0.29, 0.717) is 25.3 Å². The van der Waals surface area contributed by atoms with Crippen molar-refractivity contribution >= 4 is 16.8 Å². The normalized spacial score (nSPS) is 11.3. The third kappa shape index (κ3) is 5.60. The molecule has 0 saturated heterocycles. The standard InChI is InChI=1S/C21H19F3N2O3/c22-21(23,24)16-8-1-2-9-17(16)29-14-19(27)25-12-5-13-28-18-10-3-6-15-7-4-11-26-20(15)18/h1-4,6-11H,5,12-14H2,(H,25,27). The molecule has 0 radical (unpaired) electrons. The fourth-order valence-corrected chi connectivity index (χ4v) is 2.70. The monoisotopic (exact) mass is 404 g/mol. The summed E-state index contributed by atoms with van der Waals surface area (Å²) < 4.78 is 49.4. The first-order valence-electron chi connectivity index (χ1n) is 8.97. The van der Waals surface area contributed by atoms with Crippen LogP contribution in [0.5, 0.6) is 11.5 Å². The van der Waals surface area contributed by atoms with Crippen molar-refractivity contribution in [3.63, 3.8) is 0 Å². The Balaban J connectivity index is 1.41. The molecule has 0 fully saturated rings. The number of alkyl halides is 3. The molecule has 0 aliphatic carbocycles. The van der Waals surface area contributed by atoms with E-state index in [-0.39, 0.29) is 5.75 Å². The van der Waals surface area contributed by atoms with E-state index < -0.39 is 24.3 Å². The van der Waals surface area contributed by atoms with Crippen LogP contribution in [0.2, 0.25) is 0 Å². The molecule has 1 N–H and O–H groups in total. The number of benzene rings is 2. The summed E-state index contributed by atoms with van der Waals surface area (Å²) in [7, 11) is 0. The predicted octanol–water partition coefficient (Wildman–Crippen LogP) is 4.22. The lowest BCUT2D eigenvalue weighted by Gasteiger charge is -2.13. The van der Waals surface area contributed by atoms with Crippen LogP contribution in [0.15, 0.2) is 60.8 Å². The van der Waals surface area contributed by atoms with Gasteiger partial charge < -0.3 is 14.8 Å². The van der Waals surface area contributed by atoms with E-state index in [9.17, 15) is 18.0 Å². The van der Waals surface area contributed by atoms with Crippen LogP contribution in [-0.2, 0) is 11.0 Å². The number of amides is 1. The molecule has 3 rings (SSSR count). The largest absolute Gasteiger partial charge is 0.491 e. The van der Waals surface area contributed by atoms with Gasteiger partial charge in [-0.15, -0.1) is 0 Å². The van der Waals surface area contributed by atoms with Crippen LogP contribution in [0.25, 0.3) is 10.9 Å². The molecule has 29 heavy (non-hydrogen) atoms. The molecular formula is C21H19F3N2O3. The fourth-order valence-electron chi connectivity index (χ4n) is 2.70. The zero-order chi connectivity index (χ0) is 20.7.